The summed E-state index contributed by atoms with van der Waals surface area (Å²) in [4.78, 5) is 0. The summed E-state index contributed by atoms with van der Waals surface area (Å²) in [6.07, 6.45) is 21.8. The third-order valence-electron chi connectivity index (χ3n) is 6.10. The van der Waals surface area contributed by atoms with Crippen LogP contribution in [0.1, 0.15) is 109 Å². The zero-order valence-electron chi connectivity index (χ0n) is 18.7. The van der Waals surface area contributed by atoms with Gasteiger partial charge < -0.3 is 0 Å². The Labute approximate surface area is 173 Å². The van der Waals surface area contributed by atoms with E-state index in [0.29, 0.717) is 0 Å². The highest BCUT2D eigenvalue weighted by Gasteiger charge is 2.10. The lowest BCUT2D eigenvalue weighted by Crippen LogP contribution is -2.12. The second kappa shape index (κ2) is 18.8. The summed E-state index contributed by atoms with van der Waals surface area (Å²) in [6.45, 7) is 4.67. The maximum Gasteiger partial charge on any atom is 0.0367 e. The predicted octanol–water partition coefficient (Wildman–Crippen LogP) is 8.96. The van der Waals surface area contributed by atoms with Gasteiger partial charge in [-0.2, -0.15) is 0 Å². The molecule has 0 fully saturated rings. The van der Waals surface area contributed by atoms with E-state index in [4.69, 9.17) is 0 Å². The van der Waals surface area contributed by atoms with Gasteiger partial charge in [-0.05, 0) is 18.4 Å². The van der Waals surface area contributed by atoms with Crippen molar-refractivity contribution < 1.29 is 0 Å². The van der Waals surface area contributed by atoms with Crippen LogP contribution in [0.25, 0.3) is 0 Å². The molecule has 0 spiro atoms. The van der Waals surface area contributed by atoms with Crippen LogP contribution in [-0.2, 0) is 6.42 Å². The Balaban J connectivity index is 2.03. The van der Waals surface area contributed by atoms with E-state index in [0.717, 1.165) is 0 Å². The van der Waals surface area contributed by atoms with E-state index >= 15 is 0 Å². The Kier molecular flexibility index (Phi) is 17.0. The quantitative estimate of drug-likeness (QED) is 0.164. The highest BCUT2D eigenvalue weighted by molar-refractivity contribution is 6.58. The molecular weight excluding hydrogens is 340 g/mol. The third kappa shape index (κ3) is 15.1. The number of aryl methyl sites for hydroxylation is 1. The van der Waals surface area contributed by atoms with Crippen LogP contribution in [0.3, 0.4) is 0 Å². The molecule has 0 atom stereocenters. The van der Waals surface area contributed by atoms with Crippen molar-refractivity contribution in [1.29, 1.82) is 0 Å². The molecule has 1 aromatic rings. The fourth-order valence-corrected chi connectivity index (χ4v) is 7.73. The smallest absolute Gasteiger partial charge is 0.0367 e. The van der Waals surface area contributed by atoms with E-state index in [1.54, 1.807) is 18.1 Å². The fourth-order valence-electron chi connectivity index (χ4n) is 4.27. The summed E-state index contributed by atoms with van der Waals surface area (Å²) in [5.74, 6) is 0. The van der Waals surface area contributed by atoms with Gasteiger partial charge in [0.2, 0.25) is 0 Å². The summed E-state index contributed by atoms with van der Waals surface area (Å²) in [7, 11) is -0.425. The van der Waals surface area contributed by atoms with Gasteiger partial charge >= 0.3 is 0 Å². The molecule has 0 radical (unpaired) electrons. The van der Waals surface area contributed by atoms with Crippen LogP contribution >= 0.6 is 0 Å². The van der Waals surface area contributed by atoms with E-state index in [1.807, 2.05) is 0 Å². The molecule has 0 aliphatic carbocycles. The van der Waals surface area contributed by atoms with Crippen molar-refractivity contribution in [3.8, 4) is 0 Å². The molecule has 0 nitrogen and oxygen atoms in total. The molecule has 1 rings (SSSR count). The van der Waals surface area contributed by atoms with Gasteiger partial charge in [-0.1, -0.05) is 146 Å². The van der Waals surface area contributed by atoms with Crippen LogP contribution in [-0.4, -0.2) is 8.80 Å². The molecule has 0 unspecified atom stereocenters. The lowest BCUT2D eigenvalue weighted by atomic mass is 10.1. The van der Waals surface area contributed by atoms with Crippen LogP contribution in [0.5, 0.6) is 0 Å². The van der Waals surface area contributed by atoms with E-state index in [2.05, 4.69) is 44.2 Å². The van der Waals surface area contributed by atoms with Crippen LogP contribution in [0.15, 0.2) is 30.3 Å². The molecule has 1 heteroatoms. The van der Waals surface area contributed by atoms with Gasteiger partial charge in [0.15, 0.2) is 0 Å². The molecule has 1 aromatic carbocycles. The van der Waals surface area contributed by atoms with Gasteiger partial charge in [0.25, 0.3) is 0 Å². The summed E-state index contributed by atoms with van der Waals surface area (Å²) < 4.78 is 0. The van der Waals surface area contributed by atoms with Crippen LogP contribution in [0, 0.1) is 0 Å². The molecule has 0 aromatic heterocycles. The Hall–Kier alpha value is -0.563. The molecule has 0 aliphatic heterocycles. The minimum absolute atomic E-state index is 0.425. The van der Waals surface area contributed by atoms with Gasteiger partial charge in [-0.3, -0.25) is 0 Å². The zero-order chi connectivity index (χ0) is 19.4. The highest BCUT2D eigenvalue weighted by Crippen LogP contribution is 2.20. The van der Waals surface area contributed by atoms with E-state index in [-0.39, 0.29) is 0 Å². The molecular formula is C26H48Si. The molecule has 0 saturated heterocycles. The molecule has 0 aliphatic rings. The summed E-state index contributed by atoms with van der Waals surface area (Å²) >= 11 is 0. The standard InChI is InChI=1S/C26H48Si/c1-3-5-7-17-23-27(24-18-8-6-4-2)25-19-12-10-9-11-14-20-26-21-15-13-16-22-26/h13,15-16,21-22,27H,3-12,14,17-20,23-25H2,1-2H3. The average molecular weight is 389 g/mol. The summed E-state index contributed by atoms with van der Waals surface area (Å²) in [5, 5.41) is 0. The zero-order valence-corrected chi connectivity index (χ0v) is 19.8. The first-order valence-corrected chi connectivity index (χ1v) is 14.9. The minimum Gasteiger partial charge on any atom is -0.0654 e. The minimum atomic E-state index is -0.425. The van der Waals surface area contributed by atoms with Crippen molar-refractivity contribution in [2.45, 2.75) is 128 Å². The van der Waals surface area contributed by atoms with Crippen LogP contribution in [0.2, 0.25) is 18.1 Å². The molecule has 27 heavy (non-hydrogen) atoms. The first kappa shape index (κ1) is 24.5. The number of hydrogen-bond donors (Lipinski definition) is 0. The lowest BCUT2D eigenvalue weighted by Gasteiger charge is -2.15. The average Bonchev–Trinajstić information content (AvgIpc) is 2.70. The largest absolute Gasteiger partial charge is 0.0654 e. The maximum absolute atomic E-state index is 2.33. The second-order valence-electron chi connectivity index (χ2n) is 8.71. The van der Waals surface area contributed by atoms with Gasteiger partial charge in [0, 0.05) is 8.80 Å². The fraction of sp³-hybridized carbons (Fsp3) is 0.769. The van der Waals surface area contributed by atoms with Gasteiger partial charge in [0.05, 0.1) is 0 Å². The van der Waals surface area contributed by atoms with E-state index in [1.165, 1.54) is 102 Å². The predicted molar refractivity (Wildman–Crippen MR) is 128 cm³/mol. The third-order valence-corrected chi connectivity index (χ3v) is 9.78. The number of unbranched alkanes of at least 4 members (excludes halogenated alkanes) is 11. The van der Waals surface area contributed by atoms with Crippen molar-refractivity contribution in [2.24, 2.45) is 0 Å². The molecule has 0 N–H and O–H groups in total. The Morgan fingerprint density at radius 1 is 0.519 bits per heavy atom. The van der Waals surface area contributed by atoms with Crippen molar-refractivity contribution >= 4 is 8.80 Å². The van der Waals surface area contributed by atoms with Gasteiger partial charge in [0.1, 0.15) is 0 Å². The SMILES string of the molecule is CCCCCC[SiH](CCCCCC)CCCCCCCCc1ccccc1. The van der Waals surface area contributed by atoms with Crippen molar-refractivity contribution in [1.82, 2.24) is 0 Å². The monoisotopic (exact) mass is 388 g/mol. The molecule has 0 heterocycles. The van der Waals surface area contributed by atoms with Gasteiger partial charge in [-0.15, -0.1) is 0 Å². The number of rotatable bonds is 19. The van der Waals surface area contributed by atoms with E-state index < -0.39 is 8.80 Å². The Morgan fingerprint density at radius 3 is 1.48 bits per heavy atom. The number of hydrogen-bond acceptors (Lipinski definition) is 0. The molecule has 0 saturated carbocycles. The topological polar surface area (TPSA) is 0 Å². The second-order valence-corrected chi connectivity index (χ2v) is 12.2. The molecule has 156 valence electrons. The summed E-state index contributed by atoms with van der Waals surface area (Å²) in [5.41, 5.74) is 1.51. The highest BCUT2D eigenvalue weighted by atomic mass is 28.3. The Bertz CT molecular complexity index is 388. The van der Waals surface area contributed by atoms with Crippen molar-refractivity contribution in [3.63, 3.8) is 0 Å². The van der Waals surface area contributed by atoms with Crippen LogP contribution < -0.4 is 0 Å². The van der Waals surface area contributed by atoms with E-state index in [9.17, 15) is 0 Å². The first-order valence-electron chi connectivity index (χ1n) is 12.4. The normalized spacial score (nSPS) is 11.4. The molecule has 0 bridgehead atoms. The molecule has 0 amide bonds. The first-order chi connectivity index (χ1) is 13.4. The van der Waals surface area contributed by atoms with Crippen LogP contribution in [0.4, 0.5) is 0 Å². The Morgan fingerprint density at radius 2 is 0.963 bits per heavy atom. The number of benzene rings is 1. The van der Waals surface area contributed by atoms with Crippen molar-refractivity contribution in [2.75, 3.05) is 0 Å². The lowest BCUT2D eigenvalue weighted by molar-refractivity contribution is 0.605. The van der Waals surface area contributed by atoms with Gasteiger partial charge in [-0.25, -0.2) is 0 Å². The maximum atomic E-state index is 2.33. The summed E-state index contributed by atoms with van der Waals surface area (Å²) in [6, 6.07) is 15.9. The van der Waals surface area contributed by atoms with Crippen molar-refractivity contribution in [3.05, 3.63) is 35.9 Å².